The highest BCUT2D eigenvalue weighted by atomic mass is 32.2. The Hall–Kier alpha value is -2.24. The number of amides is 1. The van der Waals surface area contributed by atoms with Crippen LogP contribution in [0.5, 0.6) is 11.5 Å². The first-order valence-electron chi connectivity index (χ1n) is 9.63. The van der Waals surface area contributed by atoms with Gasteiger partial charge in [0.15, 0.2) is 11.5 Å². The molecule has 164 valence electrons. The third-order valence-electron chi connectivity index (χ3n) is 4.75. The topological polar surface area (TPSA) is 111 Å². The standard InChI is InChI=1S/C19H26N4O5S2/c1-12(2)10-17-21-22-19(29-17)20-18(24)14-6-5-9-23(14)30(25,26)13-7-8-15(27-3)16(11-13)28-4/h7-8,11-12,14H,5-6,9-10H2,1-4H3,(H,20,22,24). The first-order valence-corrected chi connectivity index (χ1v) is 11.9. The number of benzene rings is 1. The highest BCUT2D eigenvalue weighted by molar-refractivity contribution is 7.89. The molecule has 9 nitrogen and oxygen atoms in total. The maximum atomic E-state index is 13.2. The number of hydrogen-bond donors (Lipinski definition) is 1. The van der Waals surface area contributed by atoms with Gasteiger partial charge in [0.2, 0.25) is 21.1 Å². The summed E-state index contributed by atoms with van der Waals surface area (Å²) >= 11 is 1.31. The van der Waals surface area contributed by atoms with Crippen molar-refractivity contribution in [1.82, 2.24) is 14.5 Å². The molecule has 1 aliphatic heterocycles. The Morgan fingerprint density at radius 1 is 1.27 bits per heavy atom. The van der Waals surface area contributed by atoms with Crippen molar-refractivity contribution in [3.05, 3.63) is 23.2 Å². The number of carbonyl (C=O) groups excluding carboxylic acids is 1. The van der Waals surface area contributed by atoms with Crippen LogP contribution >= 0.6 is 11.3 Å². The first kappa shape index (κ1) is 22.4. The zero-order valence-corrected chi connectivity index (χ0v) is 19.0. The maximum Gasteiger partial charge on any atom is 0.244 e. The lowest BCUT2D eigenvalue weighted by Crippen LogP contribution is -2.43. The number of sulfonamides is 1. The first-order chi connectivity index (χ1) is 14.3. The fourth-order valence-electron chi connectivity index (χ4n) is 3.33. The lowest BCUT2D eigenvalue weighted by molar-refractivity contribution is -0.119. The minimum absolute atomic E-state index is 0.0509. The number of anilines is 1. The molecule has 1 atom stereocenters. The van der Waals surface area contributed by atoms with Gasteiger partial charge in [-0.1, -0.05) is 25.2 Å². The zero-order valence-electron chi connectivity index (χ0n) is 17.4. The van der Waals surface area contributed by atoms with Crippen LogP contribution in [-0.4, -0.2) is 55.6 Å². The Morgan fingerprint density at radius 2 is 2.00 bits per heavy atom. The van der Waals surface area contributed by atoms with Gasteiger partial charge >= 0.3 is 0 Å². The molecule has 2 heterocycles. The van der Waals surface area contributed by atoms with Crippen molar-refractivity contribution < 1.29 is 22.7 Å². The number of carbonyl (C=O) groups is 1. The Kier molecular flexibility index (Phi) is 6.94. The van der Waals surface area contributed by atoms with E-state index in [9.17, 15) is 13.2 Å². The molecule has 0 bridgehead atoms. The van der Waals surface area contributed by atoms with E-state index in [4.69, 9.17) is 9.47 Å². The molecule has 0 aliphatic carbocycles. The van der Waals surface area contributed by atoms with Gasteiger partial charge in [-0.05, 0) is 30.9 Å². The van der Waals surface area contributed by atoms with E-state index in [1.807, 2.05) is 0 Å². The van der Waals surface area contributed by atoms with Crippen LogP contribution in [0.15, 0.2) is 23.1 Å². The monoisotopic (exact) mass is 454 g/mol. The van der Waals surface area contributed by atoms with Gasteiger partial charge in [-0.25, -0.2) is 8.42 Å². The smallest absolute Gasteiger partial charge is 0.244 e. The van der Waals surface area contributed by atoms with E-state index in [0.29, 0.717) is 35.4 Å². The summed E-state index contributed by atoms with van der Waals surface area (Å²) in [6.45, 7) is 4.42. The molecule has 1 aliphatic rings. The molecule has 0 spiro atoms. The van der Waals surface area contributed by atoms with E-state index >= 15 is 0 Å². The SMILES string of the molecule is COc1ccc(S(=O)(=O)N2CCCC2C(=O)Nc2nnc(CC(C)C)s2)cc1OC. The second kappa shape index (κ2) is 9.27. The van der Waals surface area contributed by atoms with Gasteiger partial charge in [0.25, 0.3) is 0 Å². The molecule has 0 radical (unpaired) electrons. The number of ether oxygens (including phenoxy) is 2. The van der Waals surface area contributed by atoms with E-state index in [-0.39, 0.29) is 11.4 Å². The number of rotatable bonds is 8. The van der Waals surface area contributed by atoms with Crippen LogP contribution in [0.3, 0.4) is 0 Å². The van der Waals surface area contributed by atoms with Gasteiger partial charge in [-0.2, -0.15) is 4.31 Å². The second-order valence-corrected chi connectivity index (χ2v) is 10.3. The summed E-state index contributed by atoms with van der Waals surface area (Å²) in [7, 11) is -0.970. The number of aromatic nitrogens is 2. The molecule has 30 heavy (non-hydrogen) atoms. The zero-order chi connectivity index (χ0) is 21.9. The van der Waals surface area contributed by atoms with Crippen molar-refractivity contribution in [3.8, 4) is 11.5 Å². The Balaban J connectivity index is 1.78. The molecule has 1 amide bonds. The van der Waals surface area contributed by atoms with E-state index < -0.39 is 22.0 Å². The van der Waals surface area contributed by atoms with Crippen molar-refractivity contribution in [3.63, 3.8) is 0 Å². The highest BCUT2D eigenvalue weighted by Gasteiger charge is 2.40. The molecule has 1 aromatic heterocycles. The van der Waals surface area contributed by atoms with Crippen LogP contribution in [-0.2, 0) is 21.2 Å². The minimum Gasteiger partial charge on any atom is -0.493 e. The van der Waals surface area contributed by atoms with Crippen molar-refractivity contribution in [2.24, 2.45) is 5.92 Å². The lowest BCUT2D eigenvalue weighted by atomic mass is 10.1. The third kappa shape index (κ3) is 4.73. The van der Waals surface area contributed by atoms with Crippen LogP contribution in [0.4, 0.5) is 5.13 Å². The highest BCUT2D eigenvalue weighted by Crippen LogP contribution is 2.33. The van der Waals surface area contributed by atoms with E-state index in [1.165, 1.54) is 48.1 Å². The average Bonchev–Trinajstić information content (AvgIpc) is 3.36. The Labute approximate surface area is 180 Å². The molecule has 1 fully saturated rings. The van der Waals surface area contributed by atoms with Crippen molar-refractivity contribution >= 4 is 32.4 Å². The van der Waals surface area contributed by atoms with E-state index in [0.717, 1.165) is 11.4 Å². The summed E-state index contributed by atoms with van der Waals surface area (Å²) in [5, 5.41) is 12.0. The lowest BCUT2D eigenvalue weighted by Gasteiger charge is -2.23. The van der Waals surface area contributed by atoms with Gasteiger partial charge in [0, 0.05) is 19.0 Å². The predicted octanol–water partition coefficient (Wildman–Crippen LogP) is 2.55. The fourth-order valence-corrected chi connectivity index (χ4v) is 5.95. The second-order valence-electron chi connectivity index (χ2n) is 7.38. The van der Waals surface area contributed by atoms with Crippen LogP contribution < -0.4 is 14.8 Å². The quantitative estimate of drug-likeness (QED) is 0.652. The molecular weight excluding hydrogens is 428 g/mol. The van der Waals surface area contributed by atoms with Crippen molar-refractivity contribution in [2.75, 3.05) is 26.1 Å². The van der Waals surface area contributed by atoms with Crippen LogP contribution in [0.2, 0.25) is 0 Å². The predicted molar refractivity (Wildman–Crippen MR) is 114 cm³/mol. The summed E-state index contributed by atoms with van der Waals surface area (Å²) in [4.78, 5) is 12.9. The molecule has 0 saturated carbocycles. The van der Waals surface area contributed by atoms with Gasteiger partial charge in [-0.15, -0.1) is 10.2 Å². The molecule has 1 saturated heterocycles. The van der Waals surface area contributed by atoms with Gasteiger partial charge in [0.05, 0.1) is 19.1 Å². The summed E-state index contributed by atoms with van der Waals surface area (Å²) < 4.78 is 38.1. The number of methoxy groups -OCH3 is 2. The summed E-state index contributed by atoms with van der Waals surface area (Å²) in [6.07, 6.45) is 1.81. The normalized spacial score (nSPS) is 17.3. The van der Waals surface area contributed by atoms with E-state index in [2.05, 4.69) is 29.4 Å². The fraction of sp³-hybridized carbons (Fsp3) is 0.526. The van der Waals surface area contributed by atoms with Gasteiger partial charge < -0.3 is 9.47 Å². The molecule has 1 unspecified atom stereocenters. The number of hydrogen-bond acceptors (Lipinski definition) is 8. The van der Waals surface area contributed by atoms with Gasteiger partial charge in [-0.3, -0.25) is 10.1 Å². The summed E-state index contributed by atoms with van der Waals surface area (Å²) in [5.41, 5.74) is 0. The number of nitrogens with one attached hydrogen (secondary N) is 1. The minimum atomic E-state index is -3.89. The van der Waals surface area contributed by atoms with E-state index in [1.54, 1.807) is 0 Å². The molecule has 1 N–H and O–H groups in total. The van der Waals surface area contributed by atoms with Gasteiger partial charge in [0.1, 0.15) is 11.0 Å². The molecular formula is C19H26N4O5S2. The van der Waals surface area contributed by atoms with Crippen LogP contribution in [0, 0.1) is 5.92 Å². The molecule has 2 aromatic rings. The molecule has 11 heteroatoms. The van der Waals surface area contributed by atoms with Crippen molar-refractivity contribution in [1.29, 1.82) is 0 Å². The summed E-state index contributed by atoms with van der Waals surface area (Å²) in [6, 6.07) is 3.59. The molecule has 3 rings (SSSR count). The molecule has 1 aromatic carbocycles. The Morgan fingerprint density at radius 3 is 2.67 bits per heavy atom. The van der Waals surface area contributed by atoms with Crippen molar-refractivity contribution in [2.45, 2.75) is 44.0 Å². The third-order valence-corrected chi connectivity index (χ3v) is 7.51. The average molecular weight is 455 g/mol. The number of nitrogens with zero attached hydrogens (tertiary/aromatic N) is 3. The Bertz CT molecular complexity index is 1010. The van der Waals surface area contributed by atoms with Crippen LogP contribution in [0.1, 0.15) is 31.7 Å². The maximum absolute atomic E-state index is 13.2. The summed E-state index contributed by atoms with van der Waals surface area (Å²) in [5.74, 6) is 0.771. The largest absolute Gasteiger partial charge is 0.493 e. The van der Waals surface area contributed by atoms with Crippen LogP contribution in [0.25, 0.3) is 0 Å².